The van der Waals surface area contributed by atoms with Gasteiger partial charge in [-0.25, -0.2) is 0 Å². The number of amides is 1. The van der Waals surface area contributed by atoms with Gasteiger partial charge >= 0.3 is 0 Å². The summed E-state index contributed by atoms with van der Waals surface area (Å²) < 4.78 is 0. The lowest BCUT2D eigenvalue weighted by Crippen LogP contribution is -2.22. The van der Waals surface area contributed by atoms with Gasteiger partial charge in [0, 0.05) is 12.3 Å². The van der Waals surface area contributed by atoms with Crippen LogP contribution in [0.15, 0.2) is 30.3 Å². The number of rotatable bonds is 6. The largest absolute Gasteiger partial charge is 0.396 e. The Bertz CT molecular complexity index is 316. The van der Waals surface area contributed by atoms with Crippen molar-refractivity contribution in [1.29, 1.82) is 0 Å². The number of hydrogen-bond acceptors (Lipinski definition) is 3. The molecule has 0 aromatic heterocycles. The minimum atomic E-state index is -0.0910. The van der Waals surface area contributed by atoms with Crippen molar-refractivity contribution in [3.63, 3.8) is 0 Å². The van der Waals surface area contributed by atoms with Crippen molar-refractivity contribution in [2.45, 2.75) is 18.6 Å². The molecule has 0 spiro atoms. The lowest BCUT2D eigenvalue weighted by molar-refractivity contribution is -0.115. The fourth-order valence-corrected chi connectivity index (χ4v) is 2.03. The number of anilines is 1. The first-order valence-electron chi connectivity index (χ1n) is 5.32. The molecule has 1 atom stereocenters. The smallest absolute Gasteiger partial charge is 0.237 e. The van der Waals surface area contributed by atoms with E-state index in [1.807, 2.05) is 37.3 Å². The van der Waals surface area contributed by atoms with Gasteiger partial charge < -0.3 is 10.4 Å². The van der Waals surface area contributed by atoms with Crippen LogP contribution in [-0.4, -0.2) is 28.6 Å². The molecule has 0 radical (unpaired) electrons. The Morgan fingerprint density at radius 1 is 1.44 bits per heavy atom. The number of thioether (sulfide) groups is 1. The molecule has 0 saturated carbocycles. The van der Waals surface area contributed by atoms with Crippen LogP contribution in [0.1, 0.15) is 13.3 Å². The van der Waals surface area contributed by atoms with Crippen molar-refractivity contribution in [3.05, 3.63) is 30.3 Å². The van der Waals surface area contributed by atoms with Crippen LogP contribution in [0, 0.1) is 0 Å². The fourth-order valence-electron chi connectivity index (χ4n) is 1.17. The minimum absolute atomic E-state index is 0.00846. The van der Waals surface area contributed by atoms with E-state index in [-0.39, 0.29) is 17.8 Å². The monoisotopic (exact) mass is 239 g/mol. The van der Waals surface area contributed by atoms with E-state index in [0.29, 0.717) is 0 Å². The van der Waals surface area contributed by atoms with Crippen LogP contribution in [0.3, 0.4) is 0 Å². The summed E-state index contributed by atoms with van der Waals surface area (Å²) in [6.45, 7) is 2.06. The van der Waals surface area contributed by atoms with Crippen LogP contribution in [0.4, 0.5) is 5.69 Å². The predicted molar refractivity (Wildman–Crippen MR) is 68.7 cm³/mol. The van der Waals surface area contributed by atoms with Crippen molar-refractivity contribution < 1.29 is 9.90 Å². The van der Waals surface area contributed by atoms with E-state index in [4.69, 9.17) is 5.11 Å². The molecule has 0 aliphatic carbocycles. The van der Waals surface area contributed by atoms with E-state index >= 15 is 0 Å². The summed E-state index contributed by atoms with van der Waals surface area (Å²) in [5.74, 6) is 0.814. The van der Waals surface area contributed by atoms with Crippen molar-refractivity contribution >= 4 is 23.4 Å². The van der Waals surface area contributed by atoms with Gasteiger partial charge in [-0.15, -0.1) is 11.8 Å². The summed E-state index contributed by atoms with van der Waals surface area (Å²) in [5.41, 5.74) is 0.821. The van der Waals surface area contributed by atoms with E-state index in [1.54, 1.807) is 11.8 Å². The van der Waals surface area contributed by atoms with Gasteiger partial charge in [0.1, 0.15) is 0 Å². The summed E-state index contributed by atoms with van der Waals surface area (Å²) in [5, 5.41) is 11.4. The molecule has 2 N–H and O–H groups in total. The van der Waals surface area contributed by atoms with Crippen LogP contribution < -0.4 is 5.32 Å². The van der Waals surface area contributed by atoms with Gasteiger partial charge in [0.15, 0.2) is 0 Å². The van der Waals surface area contributed by atoms with Crippen molar-refractivity contribution in [1.82, 2.24) is 0 Å². The third kappa shape index (κ3) is 4.68. The maximum absolute atomic E-state index is 11.7. The van der Waals surface area contributed by atoms with Crippen LogP contribution in [0.5, 0.6) is 0 Å². The lowest BCUT2D eigenvalue weighted by Gasteiger charge is -2.11. The van der Waals surface area contributed by atoms with Crippen molar-refractivity contribution in [3.8, 4) is 0 Å². The molecule has 1 aromatic carbocycles. The highest BCUT2D eigenvalue weighted by molar-refractivity contribution is 8.00. The Hall–Kier alpha value is -1.00. The second-order valence-electron chi connectivity index (χ2n) is 3.45. The molecule has 0 fully saturated rings. The zero-order chi connectivity index (χ0) is 11.8. The molecule has 0 aliphatic rings. The number of para-hydroxylation sites is 1. The maximum Gasteiger partial charge on any atom is 0.237 e. The second kappa shape index (κ2) is 7.30. The summed E-state index contributed by atoms with van der Waals surface area (Å²) in [4.78, 5) is 11.7. The Balaban J connectivity index is 2.34. The Morgan fingerprint density at radius 2 is 2.12 bits per heavy atom. The highest BCUT2D eigenvalue weighted by atomic mass is 32.2. The zero-order valence-electron chi connectivity index (χ0n) is 9.35. The Morgan fingerprint density at radius 3 is 2.75 bits per heavy atom. The molecule has 1 amide bonds. The van der Waals surface area contributed by atoms with E-state index in [1.165, 1.54) is 0 Å². The van der Waals surface area contributed by atoms with Crippen LogP contribution in [0.25, 0.3) is 0 Å². The molecule has 0 bridgehead atoms. The molecule has 0 heterocycles. The molecular formula is C12H17NO2S. The molecule has 0 aliphatic heterocycles. The van der Waals surface area contributed by atoms with E-state index in [0.717, 1.165) is 17.9 Å². The topological polar surface area (TPSA) is 49.3 Å². The Labute approximate surface area is 100 Å². The molecule has 0 saturated heterocycles. The second-order valence-corrected chi connectivity index (χ2v) is 4.89. The Kier molecular flexibility index (Phi) is 5.96. The average Bonchev–Trinajstić information content (AvgIpc) is 2.30. The SMILES string of the molecule is CC(SCCCO)C(=O)Nc1ccccc1. The predicted octanol–water partition coefficient (Wildman–Crippen LogP) is 2.13. The van der Waals surface area contributed by atoms with Crippen LogP contribution >= 0.6 is 11.8 Å². The van der Waals surface area contributed by atoms with Gasteiger partial charge in [-0.05, 0) is 31.2 Å². The summed E-state index contributed by atoms with van der Waals surface area (Å²) >= 11 is 1.56. The number of benzene rings is 1. The molecule has 1 unspecified atom stereocenters. The standard InChI is InChI=1S/C12H17NO2S/c1-10(16-9-5-8-14)12(15)13-11-6-3-2-4-7-11/h2-4,6-7,10,14H,5,8-9H2,1H3,(H,13,15). The third-order valence-corrected chi connectivity index (χ3v) is 3.32. The molecular weight excluding hydrogens is 222 g/mol. The molecule has 1 aromatic rings. The molecule has 88 valence electrons. The van der Waals surface area contributed by atoms with Gasteiger partial charge in [-0.3, -0.25) is 4.79 Å². The van der Waals surface area contributed by atoms with E-state index in [2.05, 4.69) is 5.32 Å². The summed E-state index contributed by atoms with van der Waals surface area (Å²) in [7, 11) is 0. The number of carbonyl (C=O) groups is 1. The maximum atomic E-state index is 11.7. The molecule has 3 nitrogen and oxygen atoms in total. The van der Waals surface area contributed by atoms with Crippen LogP contribution in [0.2, 0.25) is 0 Å². The van der Waals surface area contributed by atoms with E-state index < -0.39 is 0 Å². The van der Waals surface area contributed by atoms with Gasteiger partial charge in [-0.2, -0.15) is 0 Å². The van der Waals surface area contributed by atoms with Gasteiger partial charge in [-0.1, -0.05) is 18.2 Å². The first-order valence-corrected chi connectivity index (χ1v) is 6.37. The van der Waals surface area contributed by atoms with Crippen molar-refractivity contribution in [2.24, 2.45) is 0 Å². The first kappa shape index (κ1) is 13.1. The number of nitrogens with one attached hydrogen (secondary N) is 1. The summed E-state index contributed by atoms with van der Waals surface area (Å²) in [6, 6.07) is 9.42. The van der Waals surface area contributed by atoms with Crippen molar-refractivity contribution in [2.75, 3.05) is 17.7 Å². The fraction of sp³-hybridized carbons (Fsp3) is 0.417. The van der Waals surface area contributed by atoms with Gasteiger partial charge in [0.2, 0.25) is 5.91 Å². The molecule has 16 heavy (non-hydrogen) atoms. The molecule has 4 heteroatoms. The molecule has 1 rings (SSSR count). The number of hydrogen-bond donors (Lipinski definition) is 2. The number of carbonyl (C=O) groups excluding carboxylic acids is 1. The highest BCUT2D eigenvalue weighted by Gasteiger charge is 2.12. The zero-order valence-corrected chi connectivity index (χ0v) is 10.2. The average molecular weight is 239 g/mol. The van der Waals surface area contributed by atoms with Crippen LogP contribution in [-0.2, 0) is 4.79 Å². The van der Waals surface area contributed by atoms with Gasteiger partial charge in [0.25, 0.3) is 0 Å². The normalized spacial score (nSPS) is 12.1. The third-order valence-electron chi connectivity index (χ3n) is 2.08. The summed E-state index contributed by atoms with van der Waals surface area (Å²) in [6.07, 6.45) is 0.730. The first-order chi connectivity index (χ1) is 7.74. The minimum Gasteiger partial charge on any atom is -0.396 e. The highest BCUT2D eigenvalue weighted by Crippen LogP contribution is 2.14. The lowest BCUT2D eigenvalue weighted by atomic mass is 10.3. The van der Waals surface area contributed by atoms with E-state index in [9.17, 15) is 4.79 Å². The van der Waals surface area contributed by atoms with Gasteiger partial charge in [0.05, 0.1) is 5.25 Å². The number of aliphatic hydroxyl groups is 1. The number of aliphatic hydroxyl groups excluding tert-OH is 1. The quantitative estimate of drug-likeness (QED) is 0.748.